The third-order valence-corrected chi connectivity index (χ3v) is 4.44. The first kappa shape index (κ1) is 18.2. The van der Waals surface area contributed by atoms with Crippen molar-refractivity contribution in [2.75, 3.05) is 7.11 Å². The summed E-state index contributed by atoms with van der Waals surface area (Å²) in [6.07, 6.45) is 1.68. The van der Waals surface area contributed by atoms with Gasteiger partial charge in [-0.2, -0.15) is 0 Å². The fourth-order valence-corrected chi connectivity index (χ4v) is 2.88. The molecular formula is C21H21ClN2O2. The Morgan fingerprint density at radius 3 is 2.42 bits per heavy atom. The van der Waals surface area contributed by atoms with Crippen LogP contribution in [0.2, 0.25) is 5.02 Å². The molecule has 0 spiro atoms. The van der Waals surface area contributed by atoms with E-state index in [2.05, 4.69) is 43.2 Å². The number of methoxy groups -OCH3 is 1. The number of hydrogen-bond donors (Lipinski definition) is 1. The van der Waals surface area contributed by atoms with E-state index in [0.29, 0.717) is 27.9 Å². The molecule has 0 radical (unpaired) electrons. The van der Waals surface area contributed by atoms with Crippen LogP contribution in [0, 0.1) is 0 Å². The maximum Gasteiger partial charge on any atom is 0.275 e. The number of benzene rings is 2. The van der Waals surface area contributed by atoms with E-state index in [-0.39, 0.29) is 11.3 Å². The predicted octanol–water partition coefficient (Wildman–Crippen LogP) is 4.56. The summed E-state index contributed by atoms with van der Waals surface area (Å²) in [5, 5.41) is 3.39. The minimum Gasteiger partial charge on any atom is -0.496 e. The Balaban J connectivity index is 1.93. The van der Waals surface area contributed by atoms with Crippen LogP contribution in [-0.4, -0.2) is 18.9 Å². The molecule has 0 saturated heterocycles. The zero-order chi connectivity index (χ0) is 18.9. The second-order valence-electron chi connectivity index (χ2n) is 7.16. The van der Waals surface area contributed by atoms with Crippen molar-refractivity contribution in [2.45, 2.75) is 26.2 Å². The lowest BCUT2D eigenvalue weighted by molar-refractivity contribution is -0.115. The summed E-state index contributed by atoms with van der Waals surface area (Å²) in [6, 6.07) is 13.3. The van der Waals surface area contributed by atoms with Crippen LogP contribution in [-0.2, 0) is 10.2 Å². The summed E-state index contributed by atoms with van der Waals surface area (Å²) in [5.74, 6) is 0.928. The van der Waals surface area contributed by atoms with Gasteiger partial charge in [-0.05, 0) is 35.3 Å². The molecule has 5 heteroatoms. The highest BCUT2D eigenvalue weighted by atomic mass is 35.5. The lowest BCUT2D eigenvalue weighted by Crippen LogP contribution is -2.24. The minimum atomic E-state index is -0.248. The van der Waals surface area contributed by atoms with Crippen molar-refractivity contribution in [1.82, 2.24) is 5.32 Å². The topological polar surface area (TPSA) is 50.7 Å². The monoisotopic (exact) mass is 368 g/mol. The average molecular weight is 369 g/mol. The van der Waals surface area contributed by atoms with Crippen LogP contribution in [0.3, 0.4) is 0 Å². The highest BCUT2D eigenvalue weighted by Crippen LogP contribution is 2.27. The van der Waals surface area contributed by atoms with Gasteiger partial charge in [0.2, 0.25) is 0 Å². The second-order valence-corrected chi connectivity index (χ2v) is 7.59. The van der Waals surface area contributed by atoms with Gasteiger partial charge in [0.25, 0.3) is 5.91 Å². The van der Waals surface area contributed by atoms with Gasteiger partial charge in [-0.3, -0.25) is 4.79 Å². The molecule has 134 valence electrons. The summed E-state index contributed by atoms with van der Waals surface area (Å²) in [4.78, 5) is 16.8. The first-order chi connectivity index (χ1) is 12.3. The molecule has 0 atom stereocenters. The zero-order valence-corrected chi connectivity index (χ0v) is 16.0. The number of halogens is 1. The van der Waals surface area contributed by atoms with Gasteiger partial charge in [0, 0.05) is 16.1 Å². The summed E-state index contributed by atoms with van der Waals surface area (Å²) in [5.41, 5.74) is 3.20. The molecule has 4 nitrogen and oxygen atoms in total. The lowest BCUT2D eigenvalue weighted by atomic mass is 9.86. The van der Waals surface area contributed by atoms with Crippen molar-refractivity contribution in [2.24, 2.45) is 4.99 Å². The van der Waals surface area contributed by atoms with Crippen LogP contribution in [0.15, 0.2) is 53.2 Å². The van der Waals surface area contributed by atoms with Gasteiger partial charge in [0.15, 0.2) is 0 Å². The first-order valence-electron chi connectivity index (χ1n) is 8.34. The van der Waals surface area contributed by atoms with Crippen LogP contribution in [0.1, 0.15) is 37.5 Å². The maximum absolute atomic E-state index is 12.3. The summed E-state index contributed by atoms with van der Waals surface area (Å²) >= 11 is 6.05. The van der Waals surface area contributed by atoms with E-state index in [1.165, 1.54) is 5.56 Å². The number of hydrogen-bond acceptors (Lipinski definition) is 3. The third-order valence-electron chi connectivity index (χ3n) is 4.21. The van der Waals surface area contributed by atoms with Crippen molar-refractivity contribution in [3.8, 4) is 5.75 Å². The molecule has 1 heterocycles. The summed E-state index contributed by atoms with van der Waals surface area (Å²) in [7, 11) is 1.57. The van der Waals surface area contributed by atoms with Gasteiger partial charge in [-0.15, -0.1) is 0 Å². The fourth-order valence-electron chi connectivity index (χ4n) is 2.70. The molecule has 0 aliphatic carbocycles. The predicted molar refractivity (Wildman–Crippen MR) is 106 cm³/mol. The van der Waals surface area contributed by atoms with Crippen molar-refractivity contribution >= 4 is 29.4 Å². The van der Waals surface area contributed by atoms with E-state index in [1.807, 2.05) is 12.1 Å². The molecule has 0 aromatic heterocycles. The highest BCUT2D eigenvalue weighted by molar-refractivity contribution is 6.30. The van der Waals surface area contributed by atoms with Crippen molar-refractivity contribution in [1.29, 1.82) is 0 Å². The lowest BCUT2D eigenvalue weighted by Gasteiger charge is -2.19. The van der Waals surface area contributed by atoms with Crippen LogP contribution < -0.4 is 10.1 Å². The molecule has 2 aromatic rings. The molecule has 0 fully saturated rings. The number of nitrogens with one attached hydrogen (secondary N) is 1. The van der Waals surface area contributed by atoms with E-state index in [0.717, 1.165) is 5.56 Å². The number of amides is 1. The van der Waals surface area contributed by atoms with Gasteiger partial charge in [-0.1, -0.05) is 56.6 Å². The molecule has 1 aliphatic rings. The normalized spacial score (nSPS) is 15.8. The SMILES string of the molecule is COc1ccc(Cl)cc1/C=C1/N=C(c2ccc(C(C)(C)C)cc2)NC1=O. The van der Waals surface area contributed by atoms with E-state index in [1.54, 1.807) is 31.4 Å². The van der Waals surface area contributed by atoms with Crippen molar-refractivity contribution < 1.29 is 9.53 Å². The Morgan fingerprint density at radius 1 is 1.12 bits per heavy atom. The molecule has 1 amide bonds. The van der Waals surface area contributed by atoms with E-state index >= 15 is 0 Å². The number of aliphatic imine (C=N–C) groups is 1. The highest BCUT2D eigenvalue weighted by Gasteiger charge is 2.22. The number of amidine groups is 1. The molecule has 3 rings (SSSR count). The molecule has 2 aromatic carbocycles. The number of carbonyl (C=O) groups is 1. The van der Waals surface area contributed by atoms with Crippen LogP contribution in [0.5, 0.6) is 5.75 Å². The number of nitrogens with zero attached hydrogens (tertiary/aromatic N) is 1. The van der Waals surface area contributed by atoms with Crippen molar-refractivity contribution in [3.63, 3.8) is 0 Å². The minimum absolute atomic E-state index is 0.0768. The molecule has 0 saturated carbocycles. The molecule has 1 N–H and O–H groups in total. The maximum atomic E-state index is 12.3. The molecule has 26 heavy (non-hydrogen) atoms. The Bertz CT molecular complexity index is 907. The summed E-state index contributed by atoms with van der Waals surface area (Å²) in [6.45, 7) is 6.49. The average Bonchev–Trinajstić information content (AvgIpc) is 2.95. The Kier molecular flexibility index (Phi) is 4.88. The Labute approximate surface area is 158 Å². The molecule has 1 aliphatic heterocycles. The van der Waals surface area contributed by atoms with Crippen molar-refractivity contribution in [3.05, 3.63) is 69.9 Å². The van der Waals surface area contributed by atoms with Gasteiger partial charge in [0.1, 0.15) is 17.3 Å². The van der Waals surface area contributed by atoms with Crippen LogP contribution >= 0.6 is 11.6 Å². The second kappa shape index (κ2) is 6.96. The molecular weight excluding hydrogens is 348 g/mol. The standard InChI is InChI=1S/C21H21ClN2O2/c1-21(2,3)15-7-5-13(6-8-15)19-23-17(20(25)24-19)12-14-11-16(22)9-10-18(14)26-4/h5-12H,1-4H3,(H,23,24,25)/b17-12+. The number of rotatable bonds is 3. The van der Waals surface area contributed by atoms with Gasteiger partial charge in [0.05, 0.1) is 7.11 Å². The van der Waals surface area contributed by atoms with Gasteiger partial charge in [-0.25, -0.2) is 4.99 Å². The van der Waals surface area contributed by atoms with Crippen LogP contribution in [0.4, 0.5) is 0 Å². The van der Waals surface area contributed by atoms with E-state index < -0.39 is 0 Å². The largest absolute Gasteiger partial charge is 0.496 e. The molecule has 0 unspecified atom stereocenters. The quantitative estimate of drug-likeness (QED) is 0.807. The van der Waals surface area contributed by atoms with Gasteiger partial charge < -0.3 is 10.1 Å². The van der Waals surface area contributed by atoms with E-state index in [4.69, 9.17) is 16.3 Å². The van der Waals surface area contributed by atoms with E-state index in [9.17, 15) is 4.79 Å². The zero-order valence-electron chi connectivity index (χ0n) is 15.3. The third kappa shape index (κ3) is 3.81. The number of ether oxygens (including phenoxy) is 1. The number of carbonyl (C=O) groups excluding carboxylic acids is 1. The Morgan fingerprint density at radius 2 is 1.81 bits per heavy atom. The first-order valence-corrected chi connectivity index (χ1v) is 8.72. The fraction of sp³-hybridized carbons (Fsp3) is 0.238. The molecule has 0 bridgehead atoms. The van der Waals surface area contributed by atoms with Crippen LogP contribution in [0.25, 0.3) is 6.08 Å². The smallest absolute Gasteiger partial charge is 0.275 e. The summed E-state index contributed by atoms with van der Waals surface area (Å²) < 4.78 is 5.32. The Hall–Kier alpha value is -2.59. The van der Waals surface area contributed by atoms with Gasteiger partial charge >= 0.3 is 0 Å².